The fourth-order valence-electron chi connectivity index (χ4n) is 4.38. The lowest BCUT2D eigenvalue weighted by Gasteiger charge is -2.23. The highest BCUT2D eigenvalue weighted by molar-refractivity contribution is 7.89. The third kappa shape index (κ3) is 4.63. The Kier molecular flexibility index (Phi) is 6.87. The molecule has 3 aromatic rings. The third-order valence-electron chi connectivity index (χ3n) is 6.17. The number of nitrogens with zero attached hydrogens (tertiary/aromatic N) is 4. The number of hydrogen-bond acceptors (Lipinski definition) is 8. The molecule has 4 rings (SSSR count). The first-order valence-corrected chi connectivity index (χ1v) is 12.7. The molecule has 1 atom stereocenters. The molecular weight excluding hydrogens is 458 g/mol. The zero-order valence-electron chi connectivity index (χ0n) is 19.7. The van der Waals surface area contributed by atoms with Crippen molar-refractivity contribution in [2.24, 2.45) is 0 Å². The van der Waals surface area contributed by atoms with Crippen LogP contribution in [0.4, 0.5) is 0 Å². The number of likely N-dealkylation sites (N-methyl/N-ethyl adjacent to an activating group) is 1. The normalized spacial score (nSPS) is 16.8. The van der Waals surface area contributed by atoms with Crippen LogP contribution in [0.3, 0.4) is 0 Å². The van der Waals surface area contributed by atoms with Crippen LogP contribution < -0.4 is 15.0 Å². The molecule has 34 heavy (non-hydrogen) atoms. The number of benzene rings is 1. The Bertz CT molecular complexity index is 1330. The van der Waals surface area contributed by atoms with Gasteiger partial charge >= 0.3 is 0 Å². The molecule has 3 heterocycles. The molecule has 1 N–H and O–H groups in total. The Balaban J connectivity index is 1.69. The van der Waals surface area contributed by atoms with Crippen LogP contribution in [0.5, 0.6) is 5.75 Å². The summed E-state index contributed by atoms with van der Waals surface area (Å²) in [5, 5.41) is 8.34. The first-order chi connectivity index (χ1) is 16.2. The number of ether oxygens (including phenoxy) is 1. The summed E-state index contributed by atoms with van der Waals surface area (Å²) in [7, 11) is -2.42. The van der Waals surface area contributed by atoms with Crippen molar-refractivity contribution in [1.29, 1.82) is 0 Å². The van der Waals surface area contributed by atoms with Gasteiger partial charge in [0.1, 0.15) is 22.0 Å². The van der Waals surface area contributed by atoms with E-state index in [2.05, 4.69) is 26.8 Å². The number of likely N-dealkylation sites (tertiary alicyclic amines) is 1. The average molecular weight is 488 g/mol. The van der Waals surface area contributed by atoms with Gasteiger partial charge in [-0.05, 0) is 64.0 Å². The summed E-state index contributed by atoms with van der Waals surface area (Å²) in [5.74, 6) is 0.688. The summed E-state index contributed by atoms with van der Waals surface area (Å²) in [6, 6.07) is 7.92. The molecule has 1 fully saturated rings. The molecule has 11 heteroatoms. The van der Waals surface area contributed by atoms with Crippen molar-refractivity contribution in [3.8, 4) is 22.7 Å². The van der Waals surface area contributed by atoms with Crippen LogP contribution >= 0.6 is 0 Å². The standard InChI is InChI=1S/C23H29N5O5S/c1-5-27-12-6-7-18(27)14-24-34(30,31)21-13-17(8-10-20(21)32-4)19-9-11-22(29)28(25-19)23-15(2)26-33-16(23)3/h8-11,13,18,24H,5-7,12,14H2,1-4H3/t18-/m0/s1. The van der Waals surface area contributed by atoms with Crippen molar-refractivity contribution in [2.45, 2.75) is 44.6 Å². The van der Waals surface area contributed by atoms with E-state index in [0.717, 1.165) is 25.9 Å². The maximum absolute atomic E-state index is 13.2. The molecule has 0 radical (unpaired) electrons. The van der Waals surface area contributed by atoms with Gasteiger partial charge in [-0.3, -0.25) is 9.69 Å². The summed E-state index contributed by atoms with van der Waals surface area (Å²) in [6.07, 6.45) is 2.02. The molecule has 0 amide bonds. The van der Waals surface area contributed by atoms with Crippen LogP contribution in [0.25, 0.3) is 16.9 Å². The quantitative estimate of drug-likeness (QED) is 0.514. The lowest BCUT2D eigenvalue weighted by molar-refractivity contribution is 0.268. The van der Waals surface area contributed by atoms with E-state index in [1.54, 1.807) is 32.0 Å². The van der Waals surface area contributed by atoms with Crippen molar-refractivity contribution >= 4 is 10.0 Å². The second-order valence-corrected chi connectivity index (χ2v) is 10.0. The van der Waals surface area contributed by atoms with E-state index in [4.69, 9.17) is 9.26 Å². The number of aromatic nitrogens is 3. The van der Waals surface area contributed by atoms with Crippen LogP contribution in [0.2, 0.25) is 0 Å². The summed E-state index contributed by atoms with van der Waals surface area (Å²) in [6.45, 7) is 7.70. The number of rotatable bonds is 8. The smallest absolute Gasteiger partial charge is 0.271 e. The highest BCUT2D eigenvalue weighted by Crippen LogP contribution is 2.29. The zero-order valence-corrected chi connectivity index (χ0v) is 20.6. The fraction of sp³-hybridized carbons (Fsp3) is 0.435. The van der Waals surface area contributed by atoms with E-state index in [0.29, 0.717) is 34.9 Å². The third-order valence-corrected chi connectivity index (χ3v) is 7.62. The SMILES string of the molecule is CCN1CCC[C@H]1CNS(=O)(=O)c1cc(-c2ccc(=O)n(-c3c(C)noc3C)n2)ccc1OC. The van der Waals surface area contributed by atoms with E-state index in [1.807, 2.05) is 0 Å². The summed E-state index contributed by atoms with van der Waals surface area (Å²) < 4.78 is 41.0. The maximum atomic E-state index is 13.2. The largest absolute Gasteiger partial charge is 0.495 e. The lowest BCUT2D eigenvalue weighted by atomic mass is 10.1. The van der Waals surface area contributed by atoms with E-state index >= 15 is 0 Å². The second kappa shape index (κ2) is 9.69. The van der Waals surface area contributed by atoms with Crippen LogP contribution in [0.15, 0.2) is 44.5 Å². The number of hydrogen-bond donors (Lipinski definition) is 1. The van der Waals surface area contributed by atoms with Gasteiger partial charge in [-0.15, -0.1) is 0 Å². The van der Waals surface area contributed by atoms with Gasteiger partial charge in [0.15, 0.2) is 5.76 Å². The highest BCUT2D eigenvalue weighted by Gasteiger charge is 2.27. The molecule has 0 saturated carbocycles. The van der Waals surface area contributed by atoms with Crippen LogP contribution in [0, 0.1) is 13.8 Å². The van der Waals surface area contributed by atoms with Crippen molar-refractivity contribution < 1.29 is 17.7 Å². The molecule has 182 valence electrons. The minimum atomic E-state index is -3.85. The Morgan fingerprint density at radius 1 is 1.24 bits per heavy atom. The predicted molar refractivity (Wildman–Crippen MR) is 127 cm³/mol. The first-order valence-electron chi connectivity index (χ1n) is 11.2. The Hall–Kier alpha value is -3.02. The van der Waals surface area contributed by atoms with Gasteiger partial charge in [-0.25, -0.2) is 13.1 Å². The summed E-state index contributed by atoms with van der Waals surface area (Å²) >= 11 is 0. The molecule has 0 unspecified atom stereocenters. The minimum absolute atomic E-state index is 0.0189. The highest BCUT2D eigenvalue weighted by atomic mass is 32.2. The topological polar surface area (TPSA) is 120 Å². The van der Waals surface area contributed by atoms with Gasteiger partial charge in [-0.1, -0.05) is 12.1 Å². The number of nitrogens with one attached hydrogen (secondary N) is 1. The van der Waals surface area contributed by atoms with E-state index in [-0.39, 0.29) is 22.2 Å². The van der Waals surface area contributed by atoms with Gasteiger partial charge in [0.25, 0.3) is 5.56 Å². The van der Waals surface area contributed by atoms with Gasteiger partial charge < -0.3 is 9.26 Å². The molecule has 10 nitrogen and oxygen atoms in total. The van der Waals surface area contributed by atoms with E-state index in [9.17, 15) is 13.2 Å². The molecule has 0 aliphatic carbocycles. The van der Waals surface area contributed by atoms with Crippen molar-refractivity contribution in [3.05, 3.63) is 52.1 Å². The van der Waals surface area contributed by atoms with Crippen LogP contribution in [0.1, 0.15) is 31.2 Å². The summed E-state index contributed by atoms with van der Waals surface area (Å²) in [4.78, 5) is 14.8. The monoisotopic (exact) mass is 487 g/mol. The summed E-state index contributed by atoms with van der Waals surface area (Å²) in [5.41, 5.74) is 1.59. The van der Waals surface area contributed by atoms with Gasteiger partial charge in [0.2, 0.25) is 10.0 Å². The minimum Gasteiger partial charge on any atom is -0.495 e. The first kappa shape index (κ1) is 24.1. The predicted octanol–water partition coefficient (Wildman–Crippen LogP) is 2.28. The number of methoxy groups -OCH3 is 1. The molecule has 0 bridgehead atoms. The number of sulfonamides is 1. The van der Waals surface area contributed by atoms with E-state index < -0.39 is 10.0 Å². The fourth-order valence-corrected chi connectivity index (χ4v) is 5.64. The van der Waals surface area contributed by atoms with Crippen LogP contribution in [-0.4, -0.2) is 61.0 Å². The molecular formula is C23H29N5O5S. The Morgan fingerprint density at radius 3 is 2.71 bits per heavy atom. The zero-order chi connectivity index (χ0) is 24.5. The Labute approximate surface area is 198 Å². The molecule has 0 spiro atoms. The molecule has 2 aromatic heterocycles. The van der Waals surface area contributed by atoms with Gasteiger partial charge in [0.05, 0.1) is 12.8 Å². The van der Waals surface area contributed by atoms with Crippen molar-refractivity contribution in [1.82, 2.24) is 24.6 Å². The lowest BCUT2D eigenvalue weighted by Crippen LogP contribution is -2.40. The Morgan fingerprint density at radius 2 is 2.03 bits per heavy atom. The van der Waals surface area contributed by atoms with E-state index in [1.165, 1.54) is 23.9 Å². The van der Waals surface area contributed by atoms with Gasteiger partial charge in [-0.2, -0.15) is 9.78 Å². The number of aryl methyl sites for hydroxylation is 2. The van der Waals surface area contributed by atoms with Crippen molar-refractivity contribution in [2.75, 3.05) is 26.7 Å². The van der Waals surface area contributed by atoms with Gasteiger partial charge in [0, 0.05) is 24.2 Å². The molecule has 1 aromatic carbocycles. The molecule has 1 saturated heterocycles. The molecule has 1 aliphatic heterocycles. The van der Waals surface area contributed by atoms with Crippen molar-refractivity contribution in [3.63, 3.8) is 0 Å². The molecule has 1 aliphatic rings. The average Bonchev–Trinajstić information content (AvgIpc) is 3.43. The van der Waals surface area contributed by atoms with Crippen LogP contribution in [-0.2, 0) is 10.0 Å². The maximum Gasteiger partial charge on any atom is 0.271 e. The second-order valence-electron chi connectivity index (χ2n) is 8.28.